The molecule has 1 saturated heterocycles. The van der Waals surface area contributed by atoms with Gasteiger partial charge in [-0.25, -0.2) is 13.8 Å². The van der Waals surface area contributed by atoms with E-state index in [2.05, 4.69) is 4.98 Å². The van der Waals surface area contributed by atoms with Crippen LogP contribution >= 0.6 is 11.3 Å². The Labute approximate surface area is 196 Å². The van der Waals surface area contributed by atoms with Crippen molar-refractivity contribution in [3.63, 3.8) is 0 Å². The Morgan fingerprint density at radius 3 is 2.47 bits per heavy atom. The molecule has 0 radical (unpaired) electrons. The van der Waals surface area contributed by atoms with Crippen molar-refractivity contribution >= 4 is 44.1 Å². The normalized spacial score (nSPS) is 17.5. The molecule has 3 aromatic carbocycles. The van der Waals surface area contributed by atoms with Crippen LogP contribution in [0.3, 0.4) is 0 Å². The number of ketones is 1. The Morgan fingerprint density at radius 2 is 1.74 bits per heavy atom. The number of hydrogen-bond donors (Lipinski definition) is 1. The second-order valence-electron chi connectivity index (χ2n) is 7.53. The van der Waals surface area contributed by atoms with Gasteiger partial charge in [-0.1, -0.05) is 29.5 Å². The number of anilines is 1. The molecule has 4 aromatic rings. The average molecular weight is 478 g/mol. The van der Waals surface area contributed by atoms with Crippen molar-refractivity contribution in [2.24, 2.45) is 0 Å². The van der Waals surface area contributed by atoms with Gasteiger partial charge in [-0.15, -0.1) is 0 Å². The molecule has 1 amide bonds. The van der Waals surface area contributed by atoms with Crippen LogP contribution in [0, 0.1) is 11.6 Å². The summed E-state index contributed by atoms with van der Waals surface area (Å²) in [4.78, 5) is 32.1. The van der Waals surface area contributed by atoms with Gasteiger partial charge in [0.25, 0.3) is 5.78 Å². The van der Waals surface area contributed by atoms with Crippen LogP contribution in [0.4, 0.5) is 13.9 Å². The molecule has 1 aromatic heterocycles. The summed E-state index contributed by atoms with van der Waals surface area (Å²) in [5.41, 5.74) is 0.885. The third-order valence-corrected chi connectivity index (χ3v) is 6.56. The maximum absolute atomic E-state index is 13.7. The molecule has 9 heteroatoms. The quantitative estimate of drug-likeness (QED) is 0.248. The first-order valence-electron chi connectivity index (χ1n) is 10.1. The van der Waals surface area contributed by atoms with E-state index in [0.717, 1.165) is 23.5 Å². The number of rotatable bonds is 4. The Bertz CT molecular complexity index is 1480. The van der Waals surface area contributed by atoms with Crippen LogP contribution in [0.25, 0.3) is 16.0 Å². The second kappa shape index (κ2) is 8.35. The lowest BCUT2D eigenvalue weighted by molar-refractivity contribution is -0.132. The van der Waals surface area contributed by atoms with Crippen LogP contribution in [0.1, 0.15) is 17.2 Å². The molecule has 0 saturated carbocycles. The number of fused-ring (bicyclic) bond motifs is 1. The number of amides is 1. The number of ether oxygens (including phenoxy) is 1. The van der Waals surface area contributed by atoms with E-state index in [9.17, 15) is 23.5 Å². The monoisotopic (exact) mass is 478 g/mol. The zero-order chi connectivity index (χ0) is 24.0. The van der Waals surface area contributed by atoms with Crippen LogP contribution in [-0.2, 0) is 9.59 Å². The van der Waals surface area contributed by atoms with Crippen LogP contribution in [0.5, 0.6) is 5.75 Å². The summed E-state index contributed by atoms with van der Waals surface area (Å²) in [5.74, 6) is -2.87. The Morgan fingerprint density at radius 1 is 1.03 bits per heavy atom. The molecule has 5 rings (SSSR count). The van der Waals surface area contributed by atoms with E-state index in [0.29, 0.717) is 21.5 Å². The highest BCUT2D eigenvalue weighted by Gasteiger charge is 2.49. The van der Waals surface area contributed by atoms with Crippen molar-refractivity contribution in [2.45, 2.75) is 6.04 Å². The first-order chi connectivity index (χ1) is 16.4. The van der Waals surface area contributed by atoms with Gasteiger partial charge in [-0.3, -0.25) is 14.5 Å². The van der Waals surface area contributed by atoms with Crippen LogP contribution in [0.2, 0.25) is 0 Å². The molecule has 2 heterocycles. The molecule has 0 aliphatic carbocycles. The number of Topliss-reactive ketones (excluding diaryl/α,β-unsaturated/α-hetero) is 1. The highest BCUT2D eigenvalue weighted by Crippen LogP contribution is 2.46. The minimum absolute atomic E-state index is 0.164. The molecule has 1 aliphatic heterocycles. The number of aliphatic hydroxyl groups excluding tert-OH is 1. The summed E-state index contributed by atoms with van der Waals surface area (Å²) in [5, 5.41) is 11.2. The van der Waals surface area contributed by atoms with E-state index in [1.54, 1.807) is 24.3 Å². The van der Waals surface area contributed by atoms with Crippen molar-refractivity contribution in [1.82, 2.24) is 4.98 Å². The lowest BCUT2D eigenvalue weighted by Crippen LogP contribution is -2.29. The van der Waals surface area contributed by atoms with Crippen molar-refractivity contribution in [3.8, 4) is 5.75 Å². The number of nitrogens with zero attached hydrogens (tertiary/aromatic N) is 2. The molecule has 170 valence electrons. The minimum atomic E-state index is -1.08. The number of halogens is 2. The number of carbonyl (C=O) groups is 2. The van der Waals surface area contributed by atoms with Gasteiger partial charge in [-0.05, 0) is 48.5 Å². The second-order valence-corrected chi connectivity index (χ2v) is 8.54. The van der Waals surface area contributed by atoms with Crippen molar-refractivity contribution < 1.29 is 28.2 Å². The highest BCUT2D eigenvalue weighted by molar-refractivity contribution is 7.22. The van der Waals surface area contributed by atoms with Crippen LogP contribution in [0.15, 0.2) is 72.3 Å². The number of methoxy groups -OCH3 is 1. The Kier molecular flexibility index (Phi) is 5.33. The van der Waals surface area contributed by atoms with Gasteiger partial charge >= 0.3 is 5.91 Å². The Hall–Kier alpha value is -4.11. The van der Waals surface area contributed by atoms with Gasteiger partial charge in [0, 0.05) is 11.1 Å². The van der Waals surface area contributed by atoms with Gasteiger partial charge < -0.3 is 9.84 Å². The van der Waals surface area contributed by atoms with E-state index in [-0.39, 0.29) is 16.3 Å². The zero-order valence-corrected chi connectivity index (χ0v) is 18.5. The summed E-state index contributed by atoms with van der Waals surface area (Å²) in [6, 6.07) is 14.7. The maximum Gasteiger partial charge on any atom is 0.301 e. The van der Waals surface area contributed by atoms with E-state index in [1.807, 2.05) is 0 Å². The smallest absolute Gasteiger partial charge is 0.301 e. The van der Waals surface area contributed by atoms with Gasteiger partial charge in [0.15, 0.2) is 5.13 Å². The number of hydrogen-bond acceptors (Lipinski definition) is 6. The Balaban J connectivity index is 1.76. The maximum atomic E-state index is 13.7. The number of para-hydroxylation sites is 1. The standard InChI is InChI=1S/C25H16F2N2O4S/c1-33-18-5-3-2-4-16(18)21-20(22(30)13-6-8-14(26)9-7-13)23(31)24(32)29(21)25-28-17-11-10-15(27)12-19(17)34-25/h2-12,21,30H,1H3/t21-/m0/s1. The third-order valence-electron chi connectivity index (χ3n) is 5.54. The minimum Gasteiger partial charge on any atom is -0.507 e. The largest absolute Gasteiger partial charge is 0.507 e. The zero-order valence-electron chi connectivity index (χ0n) is 17.7. The fraction of sp³-hybridized carbons (Fsp3) is 0.0800. The summed E-state index contributed by atoms with van der Waals surface area (Å²) in [7, 11) is 1.45. The highest BCUT2D eigenvalue weighted by atomic mass is 32.1. The summed E-state index contributed by atoms with van der Waals surface area (Å²) in [6.45, 7) is 0. The molecule has 0 spiro atoms. The van der Waals surface area contributed by atoms with E-state index >= 15 is 0 Å². The van der Waals surface area contributed by atoms with Crippen LogP contribution < -0.4 is 9.64 Å². The predicted molar refractivity (Wildman–Crippen MR) is 124 cm³/mol. The lowest BCUT2D eigenvalue weighted by atomic mass is 9.94. The first kappa shape index (κ1) is 21.7. The van der Waals surface area contributed by atoms with Crippen LogP contribution in [-0.4, -0.2) is 28.9 Å². The molecule has 0 unspecified atom stereocenters. The predicted octanol–water partition coefficient (Wildman–Crippen LogP) is 5.21. The van der Waals surface area contributed by atoms with E-state index < -0.39 is 35.1 Å². The molecule has 6 nitrogen and oxygen atoms in total. The topological polar surface area (TPSA) is 79.7 Å². The summed E-state index contributed by atoms with van der Waals surface area (Å²) in [6.07, 6.45) is 0. The van der Waals surface area contributed by atoms with Crippen molar-refractivity contribution in [2.75, 3.05) is 12.0 Å². The van der Waals surface area contributed by atoms with Crippen molar-refractivity contribution in [1.29, 1.82) is 0 Å². The van der Waals surface area contributed by atoms with Gasteiger partial charge in [0.05, 0.1) is 22.9 Å². The molecular weight excluding hydrogens is 462 g/mol. The number of benzene rings is 3. The molecule has 1 atom stereocenters. The fourth-order valence-electron chi connectivity index (χ4n) is 3.97. The van der Waals surface area contributed by atoms with E-state index in [1.165, 1.54) is 42.3 Å². The summed E-state index contributed by atoms with van der Waals surface area (Å²) >= 11 is 1.05. The number of carbonyl (C=O) groups excluding carboxylic acids is 2. The lowest BCUT2D eigenvalue weighted by Gasteiger charge is -2.24. The number of thiazole rings is 1. The molecular formula is C25H16F2N2O4S. The van der Waals surface area contributed by atoms with Gasteiger partial charge in [0.1, 0.15) is 29.2 Å². The summed E-state index contributed by atoms with van der Waals surface area (Å²) < 4.78 is 33.2. The van der Waals surface area contributed by atoms with Crippen molar-refractivity contribution in [3.05, 3.63) is 95.1 Å². The molecule has 1 aliphatic rings. The van der Waals surface area contributed by atoms with E-state index in [4.69, 9.17) is 4.74 Å². The average Bonchev–Trinajstić information content (AvgIpc) is 3.36. The number of aromatic nitrogens is 1. The third kappa shape index (κ3) is 3.50. The fourth-order valence-corrected chi connectivity index (χ4v) is 4.99. The molecule has 0 bridgehead atoms. The van der Waals surface area contributed by atoms with Gasteiger partial charge in [-0.2, -0.15) is 0 Å². The molecule has 1 fully saturated rings. The molecule has 34 heavy (non-hydrogen) atoms. The number of aliphatic hydroxyl groups is 1. The first-order valence-corrected chi connectivity index (χ1v) is 11.0. The van der Waals surface area contributed by atoms with Gasteiger partial charge in [0.2, 0.25) is 0 Å². The molecule has 1 N–H and O–H groups in total. The SMILES string of the molecule is COc1ccccc1[C@H]1C(=C(O)c2ccc(F)cc2)C(=O)C(=O)N1c1nc2ccc(F)cc2s1.